The molecule has 1 heterocycles. The van der Waals surface area contributed by atoms with Gasteiger partial charge < -0.3 is 5.73 Å². The molecule has 0 aliphatic rings. The van der Waals surface area contributed by atoms with Gasteiger partial charge in [-0.2, -0.15) is 0 Å². The summed E-state index contributed by atoms with van der Waals surface area (Å²) in [5, 5.41) is 0.669. The second-order valence-electron chi connectivity index (χ2n) is 4.04. The van der Waals surface area contributed by atoms with E-state index in [2.05, 4.69) is 53.0 Å². The molecule has 90 valence electrons. The Labute approximate surface area is 114 Å². The molecule has 0 amide bonds. The van der Waals surface area contributed by atoms with Crippen LogP contribution in [0.1, 0.15) is 28.6 Å². The zero-order valence-corrected chi connectivity index (χ0v) is 12.4. The van der Waals surface area contributed by atoms with Gasteiger partial charge in [-0.15, -0.1) is 11.3 Å². The van der Waals surface area contributed by atoms with E-state index in [4.69, 9.17) is 5.73 Å². The molecule has 2 aromatic rings. The third-order valence-corrected chi connectivity index (χ3v) is 4.51. The largest absolute Gasteiger partial charge is 0.375 e. The predicted octanol–water partition coefficient (Wildman–Crippen LogP) is 3.95. The third kappa shape index (κ3) is 2.87. The van der Waals surface area contributed by atoms with Crippen molar-refractivity contribution >= 4 is 32.4 Å². The fraction of sp³-hybridized carbons (Fsp3) is 0.308. The number of thiazole rings is 1. The number of nitrogen functional groups attached to an aromatic ring is 1. The number of halogens is 1. The standard InChI is InChI=1S/C13H15BrN2S/c1-3-11-12(17-13(15)16-11)7-9-5-4-8(2)10(14)6-9/h4-6H,3,7H2,1-2H3,(H2,15,16). The fourth-order valence-corrected chi connectivity index (χ4v) is 3.13. The van der Waals surface area contributed by atoms with Crippen LogP contribution in [0.5, 0.6) is 0 Å². The zero-order chi connectivity index (χ0) is 12.4. The molecule has 0 bridgehead atoms. The zero-order valence-electron chi connectivity index (χ0n) is 9.96. The van der Waals surface area contributed by atoms with E-state index in [0.717, 1.165) is 23.0 Å². The van der Waals surface area contributed by atoms with Gasteiger partial charge in [-0.1, -0.05) is 35.0 Å². The van der Waals surface area contributed by atoms with Crippen molar-refractivity contribution in [2.24, 2.45) is 0 Å². The molecule has 2 N–H and O–H groups in total. The average molecular weight is 311 g/mol. The normalized spacial score (nSPS) is 10.8. The summed E-state index contributed by atoms with van der Waals surface area (Å²) in [5.41, 5.74) is 9.44. The average Bonchev–Trinajstić information content (AvgIpc) is 2.64. The van der Waals surface area contributed by atoms with Gasteiger partial charge in [-0.25, -0.2) is 4.98 Å². The predicted molar refractivity (Wildman–Crippen MR) is 77.6 cm³/mol. The summed E-state index contributed by atoms with van der Waals surface area (Å²) in [6.07, 6.45) is 1.85. The molecule has 0 aliphatic carbocycles. The Balaban J connectivity index is 2.27. The molecule has 2 nitrogen and oxygen atoms in total. The van der Waals surface area contributed by atoms with Crippen LogP contribution in [0.15, 0.2) is 22.7 Å². The van der Waals surface area contributed by atoms with Crippen LogP contribution in [-0.2, 0) is 12.8 Å². The lowest BCUT2D eigenvalue weighted by Crippen LogP contribution is -1.92. The lowest BCUT2D eigenvalue weighted by atomic mass is 10.1. The van der Waals surface area contributed by atoms with Crippen molar-refractivity contribution in [1.82, 2.24) is 4.98 Å². The van der Waals surface area contributed by atoms with Crippen LogP contribution in [0.4, 0.5) is 5.13 Å². The monoisotopic (exact) mass is 310 g/mol. The number of nitrogens with zero attached hydrogens (tertiary/aromatic N) is 1. The van der Waals surface area contributed by atoms with Gasteiger partial charge in [0.25, 0.3) is 0 Å². The Morgan fingerprint density at radius 3 is 2.82 bits per heavy atom. The summed E-state index contributed by atoms with van der Waals surface area (Å²) >= 11 is 5.16. The maximum absolute atomic E-state index is 5.76. The van der Waals surface area contributed by atoms with Crippen LogP contribution in [0.3, 0.4) is 0 Å². The van der Waals surface area contributed by atoms with Gasteiger partial charge in [0.2, 0.25) is 0 Å². The SMILES string of the molecule is CCc1nc(N)sc1Cc1ccc(C)c(Br)c1. The topological polar surface area (TPSA) is 38.9 Å². The second kappa shape index (κ2) is 5.19. The molecule has 0 atom stereocenters. The van der Waals surface area contributed by atoms with Gasteiger partial charge in [0.1, 0.15) is 0 Å². The molecule has 1 aromatic carbocycles. The van der Waals surface area contributed by atoms with Crippen molar-refractivity contribution in [3.05, 3.63) is 44.4 Å². The van der Waals surface area contributed by atoms with Crippen molar-refractivity contribution in [2.45, 2.75) is 26.7 Å². The van der Waals surface area contributed by atoms with E-state index >= 15 is 0 Å². The van der Waals surface area contributed by atoms with Crippen LogP contribution in [0, 0.1) is 6.92 Å². The Hall–Kier alpha value is -0.870. The van der Waals surface area contributed by atoms with E-state index < -0.39 is 0 Å². The van der Waals surface area contributed by atoms with Gasteiger partial charge in [0.05, 0.1) is 5.69 Å². The van der Waals surface area contributed by atoms with Crippen LogP contribution in [0.2, 0.25) is 0 Å². The van der Waals surface area contributed by atoms with Crippen molar-refractivity contribution in [2.75, 3.05) is 5.73 Å². The molecule has 4 heteroatoms. The fourth-order valence-electron chi connectivity index (χ4n) is 1.75. The number of benzene rings is 1. The van der Waals surface area contributed by atoms with Gasteiger partial charge in [0.15, 0.2) is 5.13 Å². The van der Waals surface area contributed by atoms with E-state index in [9.17, 15) is 0 Å². The molecular weight excluding hydrogens is 296 g/mol. The van der Waals surface area contributed by atoms with E-state index in [0.29, 0.717) is 5.13 Å². The summed E-state index contributed by atoms with van der Waals surface area (Å²) in [6.45, 7) is 4.21. The minimum Gasteiger partial charge on any atom is -0.375 e. The van der Waals surface area contributed by atoms with Crippen LogP contribution in [-0.4, -0.2) is 4.98 Å². The lowest BCUT2D eigenvalue weighted by molar-refractivity contribution is 1.02. The van der Waals surface area contributed by atoms with Gasteiger partial charge >= 0.3 is 0 Å². The van der Waals surface area contributed by atoms with Gasteiger partial charge in [-0.3, -0.25) is 0 Å². The first-order valence-electron chi connectivity index (χ1n) is 5.59. The molecule has 0 saturated heterocycles. The molecule has 0 fully saturated rings. The van der Waals surface area contributed by atoms with Gasteiger partial charge in [0, 0.05) is 15.8 Å². The number of hydrogen-bond acceptors (Lipinski definition) is 3. The molecule has 1 aromatic heterocycles. The van der Waals surface area contributed by atoms with Crippen molar-refractivity contribution in [1.29, 1.82) is 0 Å². The van der Waals surface area contributed by atoms with Crippen molar-refractivity contribution in [3.8, 4) is 0 Å². The van der Waals surface area contributed by atoms with E-state index in [-0.39, 0.29) is 0 Å². The number of anilines is 1. The summed E-state index contributed by atoms with van der Waals surface area (Å²) in [6, 6.07) is 6.47. The summed E-state index contributed by atoms with van der Waals surface area (Å²) in [5.74, 6) is 0. The molecule has 0 spiro atoms. The Kier molecular flexibility index (Phi) is 3.84. The molecule has 17 heavy (non-hydrogen) atoms. The van der Waals surface area contributed by atoms with E-state index in [1.165, 1.54) is 16.0 Å². The Morgan fingerprint density at radius 1 is 1.41 bits per heavy atom. The minimum absolute atomic E-state index is 0.669. The third-order valence-electron chi connectivity index (χ3n) is 2.73. The highest BCUT2D eigenvalue weighted by Crippen LogP contribution is 2.26. The van der Waals surface area contributed by atoms with Gasteiger partial charge in [-0.05, 0) is 30.5 Å². The smallest absolute Gasteiger partial charge is 0.180 e. The first kappa shape index (κ1) is 12.6. The maximum Gasteiger partial charge on any atom is 0.180 e. The number of hydrogen-bond donors (Lipinski definition) is 1. The summed E-state index contributed by atoms with van der Waals surface area (Å²) in [4.78, 5) is 5.63. The molecule has 0 unspecified atom stereocenters. The highest BCUT2D eigenvalue weighted by atomic mass is 79.9. The van der Waals surface area contributed by atoms with E-state index in [1.54, 1.807) is 11.3 Å². The highest BCUT2D eigenvalue weighted by molar-refractivity contribution is 9.10. The number of aromatic nitrogens is 1. The maximum atomic E-state index is 5.76. The van der Waals surface area contributed by atoms with Crippen LogP contribution >= 0.6 is 27.3 Å². The Morgan fingerprint density at radius 2 is 2.18 bits per heavy atom. The highest BCUT2D eigenvalue weighted by Gasteiger charge is 2.09. The number of nitrogens with two attached hydrogens (primary N) is 1. The molecule has 2 rings (SSSR count). The van der Waals surface area contributed by atoms with Crippen molar-refractivity contribution < 1.29 is 0 Å². The minimum atomic E-state index is 0.669. The lowest BCUT2D eigenvalue weighted by Gasteiger charge is -2.04. The molecule has 0 saturated carbocycles. The summed E-state index contributed by atoms with van der Waals surface area (Å²) in [7, 11) is 0. The number of rotatable bonds is 3. The van der Waals surface area contributed by atoms with E-state index in [1.807, 2.05) is 0 Å². The quantitative estimate of drug-likeness (QED) is 0.932. The van der Waals surface area contributed by atoms with Crippen LogP contribution < -0.4 is 5.73 Å². The molecule has 0 radical (unpaired) electrons. The molecule has 0 aliphatic heterocycles. The number of aryl methyl sites for hydroxylation is 2. The molecular formula is C13H15BrN2S. The first-order valence-corrected chi connectivity index (χ1v) is 7.20. The van der Waals surface area contributed by atoms with Crippen molar-refractivity contribution in [3.63, 3.8) is 0 Å². The van der Waals surface area contributed by atoms with Crippen LogP contribution in [0.25, 0.3) is 0 Å². The summed E-state index contributed by atoms with van der Waals surface area (Å²) < 4.78 is 1.16. The first-order chi connectivity index (χ1) is 8.10. The Bertz CT molecular complexity index is 534. The second-order valence-corrected chi connectivity index (χ2v) is 6.01.